The number of methoxy groups -OCH3 is 1. The molecule has 34 heavy (non-hydrogen) atoms. The number of pyridine rings is 1. The quantitative estimate of drug-likeness (QED) is 0.226. The van der Waals surface area contributed by atoms with Gasteiger partial charge in [-0.05, 0) is 36.2 Å². The Morgan fingerprint density at radius 2 is 1.94 bits per heavy atom. The predicted octanol–water partition coefficient (Wildman–Crippen LogP) is 6.37. The molecule has 0 saturated carbocycles. The molecule has 0 fully saturated rings. The number of nitrogens with one attached hydrogen (secondary N) is 2. The van der Waals surface area contributed by atoms with Crippen molar-refractivity contribution in [1.29, 1.82) is 5.26 Å². The van der Waals surface area contributed by atoms with Crippen molar-refractivity contribution in [3.05, 3.63) is 69.8 Å². The van der Waals surface area contributed by atoms with E-state index in [0.717, 1.165) is 40.2 Å². The lowest BCUT2D eigenvalue weighted by molar-refractivity contribution is 0.286. The number of anilines is 2. The van der Waals surface area contributed by atoms with Gasteiger partial charge in [-0.2, -0.15) is 5.26 Å². The summed E-state index contributed by atoms with van der Waals surface area (Å²) in [5.41, 5.74) is 4.65. The normalized spacial score (nSPS) is 10.9. The summed E-state index contributed by atoms with van der Waals surface area (Å²) in [4.78, 5) is 5.53. The number of rotatable bonds is 9. The molecule has 3 N–H and O–H groups in total. The topological polar surface area (TPSA) is 90.2 Å². The van der Waals surface area contributed by atoms with Crippen molar-refractivity contribution in [2.75, 3.05) is 25.6 Å². The second-order valence-corrected chi connectivity index (χ2v) is 9.39. The van der Waals surface area contributed by atoms with Gasteiger partial charge in [0.25, 0.3) is 0 Å². The highest BCUT2D eigenvalue weighted by atomic mass is 35.5. The number of aliphatic hydroxyl groups excluding tert-OH is 1. The molecule has 0 aliphatic rings. The summed E-state index contributed by atoms with van der Waals surface area (Å²) in [7, 11) is 1.53. The number of aliphatic hydroxyl groups is 1. The van der Waals surface area contributed by atoms with E-state index >= 15 is 0 Å². The van der Waals surface area contributed by atoms with Crippen LogP contribution < -0.4 is 15.4 Å². The lowest BCUT2D eigenvalue weighted by Crippen LogP contribution is -2.15. The third-order valence-electron chi connectivity index (χ3n) is 5.24. The maximum absolute atomic E-state index is 9.71. The molecule has 2 aromatic carbocycles. The fourth-order valence-corrected chi connectivity index (χ4v) is 5.10. The highest BCUT2D eigenvalue weighted by Crippen LogP contribution is 2.41. The number of ether oxygens (including phenoxy) is 1. The fourth-order valence-electron chi connectivity index (χ4n) is 3.47. The molecule has 0 bridgehead atoms. The first-order chi connectivity index (χ1) is 16.5. The Labute approximate surface area is 211 Å². The first-order valence-corrected chi connectivity index (χ1v) is 12.1. The summed E-state index contributed by atoms with van der Waals surface area (Å²) in [5, 5.41) is 26.0. The van der Waals surface area contributed by atoms with Gasteiger partial charge in [-0.25, -0.2) is 0 Å². The smallest absolute Gasteiger partial charge is 0.139 e. The summed E-state index contributed by atoms with van der Waals surface area (Å²) < 4.78 is 6.16. The van der Waals surface area contributed by atoms with E-state index in [2.05, 4.69) is 46.0 Å². The van der Waals surface area contributed by atoms with Gasteiger partial charge in [-0.3, -0.25) is 4.98 Å². The van der Waals surface area contributed by atoms with Crippen molar-refractivity contribution in [1.82, 2.24) is 10.3 Å². The number of nitriles is 1. The number of hydrogen-bond donors (Lipinski definition) is 3. The van der Waals surface area contributed by atoms with Crippen LogP contribution in [0.15, 0.2) is 48.7 Å². The van der Waals surface area contributed by atoms with Crippen LogP contribution in [0.1, 0.15) is 17.5 Å². The van der Waals surface area contributed by atoms with E-state index in [-0.39, 0.29) is 6.61 Å². The molecule has 0 atom stereocenters. The minimum atomic E-state index is 0.189. The molecule has 0 unspecified atom stereocenters. The average molecular weight is 513 g/mol. The fraction of sp³-hybridized carbons (Fsp3) is 0.200. The molecule has 0 radical (unpaired) electrons. The number of benzene rings is 2. The van der Waals surface area contributed by atoms with Crippen molar-refractivity contribution >= 4 is 56.1 Å². The van der Waals surface area contributed by atoms with Crippen molar-refractivity contribution in [2.45, 2.75) is 13.0 Å². The maximum atomic E-state index is 9.71. The van der Waals surface area contributed by atoms with Crippen LogP contribution >= 0.6 is 34.5 Å². The number of hydrogen-bond acceptors (Lipinski definition) is 7. The van der Waals surface area contributed by atoms with Crippen LogP contribution in [0.5, 0.6) is 5.75 Å². The van der Waals surface area contributed by atoms with Gasteiger partial charge in [0.1, 0.15) is 11.8 Å². The monoisotopic (exact) mass is 512 g/mol. The zero-order valence-electron chi connectivity index (χ0n) is 18.4. The van der Waals surface area contributed by atoms with E-state index in [1.807, 2.05) is 6.07 Å². The average Bonchev–Trinajstić information content (AvgIpc) is 3.29. The van der Waals surface area contributed by atoms with Gasteiger partial charge in [0.15, 0.2) is 0 Å². The minimum absolute atomic E-state index is 0.189. The van der Waals surface area contributed by atoms with Crippen molar-refractivity contribution < 1.29 is 9.84 Å². The Bertz CT molecular complexity index is 1350. The van der Waals surface area contributed by atoms with Crippen LogP contribution in [0.2, 0.25) is 10.0 Å². The molecule has 0 saturated heterocycles. The van der Waals surface area contributed by atoms with Gasteiger partial charge >= 0.3 is 0 Å². The van der Waals surface area contributed by atoms with Crippen LogP contribution in [0.3, 0.4) is 0 Å². The van der Waals surface area contributed by atoms with Crippen LogP contribution in [-0.4, -0.2) is 30.4 Å². The van der Waals surface area contributed by atoms with Crippen molar-refractivity contribution in [3.8, 4) is 22.3 Å². The molecule has 9 heteroatoms. The van der Waals surface area contributed by atoms with Crippen LogP contribution in [-0.2, 0) is 6.54 Å². The molecule has 2 aromatic heterocycles. The molecular weight excluding hydrogens is 491 g/mol. The molecular formula is C25H22Cl2N4O2S. The molecule has 4 rings (SSSR count). The standard InChI is InChI=1S/C25H22Cl2N4O2S/c1-33-22-10-20(18(26)9-19(22)27)31-24-17(12-28)14-30-21-11-23(34-25(21)24)16-5-3-15(4-6-16)13-29-7-2-8-32/h3-6,9-11,14,29,32H,2,7-8,13H2,1H3,(H,30,31). The largest absolute Gasteiger partial charge is 0.495 e. The molecule has 6 nitrogen and oxygen atoms in total. The molecule has 2 heterocycles. The summed E-state index contributed by atoms with van der Waals surface area (Å²) in [6.07, 6.45) is 2.30. The molecule has 0 aliphatic heterocycles. The van der Waals surface area contributed by atoms with Crippen LogP contribution in [0, 0.1) is 11.3 Å². The second-order valence-electron chi connectivity index (χ2n) is 7.53. The van der Waals surface area contributed by atoms with Gasteiger partial charge < -0.3 is 20.5 Å². The maximum Gasteiger partial charge on any atom is 0.139 e. The predicted molar refractivity (Wildman–Crippen MR) is 139 cm³/mol. The zero-order valence-corrected chi connectivity index (χ0v) is 20.7. The lowest BCUT2D eigenvalue weighted by atomic mass is 10.1. The van der Waals surface area contributed by atoms with Crippen LogP contribution in [0.25, 0.3) is 20.7 Å². The summed E-state index contributed by atoms with van der Waals surface area (Å²) in [5.74, 6) is 0.482. The summed E-state index contributed by atoms with van der Waals surface area (Å²) in [6.45, 7) is 1.72. The van der Waals surface area contributed by atoms with Gasteiger partial charge in [0.2, 0.25) is 0 Å². The van der Waals surface area contributed by atoms with E-state index in [9.17, 15) is 5.26 Å². The summed E-state index contributed by atoms with van der Waals surface area (Å²) in [6, 6.07) is 15.9. The van der Waals surface area contributed by atoms with E-state index in [1.54, 1.807) is 29.7 Å². The molecule has 4 aromatic rings. The highest BCUT2D eigenvalue weighted by Gasteiger charge is 2.16. The first kappa shape index (κ1) is 24.3. The number of halogens is 2. The van der Waals surface area contributed by atoms with Gasteiger partial charge in [0.05, 0.1) is 44.3 Å². The number of nitrogens with zero attached hydrogens (tertiary/aromatic N) is 2. The Hall–Kier alpha value is -2.86. The molecule has 0 amide bonds. The zero-order chi connectivity index (χ0) is 24.1. The van der Waals surface area contributed by atoms with E-state index in [1.165, 1.54) is 12.7 Å². The third kappa shape index (κ3) is 5.27. The highest BCUT2D eigenvalue weighted by molar-refractivity contribution is 7.22. The Kier molecular flexibility index (Phi) is 7.88. The molecule has 0 spiro atoms. The van der Waals surface area contributed by atoms with Gasteiger partial charge in [-0.1, -0.05) is 47.5 Å². The Morgan fingerprint density at radius 3 is 2.65 bits per heavy atom. The SMILES string of the molecule is COc1cc(Nc2c(C#N)cnc3cc(-c4ccc(CNCCCO)cc4)sc23)c(Cl)cc1Cl. The third-order valence-corrected chi connectivity index (χ3v) is 7.04. The van der Waals surface area contributed by atoms with E-state index < -0.39 is 0 Å². The summed E-state index contributed by atoms with van der Waals surface area (Å²) >= 11 is 14.1. The van der Waals surface area contributed by atoms with Gasteiger partial charge in [-0.15, -0.1) is 11.3 Å². The number of aromatic nitrogens is 1. The van der Waals surface area contributed by atoms with Crippen molar-refractivity contribution in [2.24, 2.45) is 0 Å². The number of thiophene rings is 1. The second kappa shape index (κ2) is 11.0. The molecule has 0 aliphatic carbocycles. The first-order valence-electron chi connectivity index (χ1n) is 10.6. The number of fused-ring (bicyclic) bond motifs is 1. The minimum Gasteiger partial charge on any atom is -0.495 e. The van der Waals surface area contributed by atoms with E-state index in [0.29, 0.717) is 32.7 Å². The van der Waals surface area contributed by atoms with Crippen molar-refractivity contribution in [3.63, 3.8) is 0 Å². The van der Waals surface area contributed by atoms with Gasteiger partial charge in [0, 0.05) is 30.3 Å². The molecule has 174 valence electrons. The van der Waals surface area contributed by atoms with Crippen LogP contribution in [0.4, 0.5) is 11.4 Å². The lowest BCUT2D eigenvalue weighted by Gasteiger charge is -2.13. The Morgan fingerprint density at radius 1 is 1.15 bits per heavy atom. The van der Waals surface area contributed by atoms with E-state index in [4.69, 9.17) is 33.0 Å². The Balaban J connectivity index is 1.66.